The molecule has 1 aliphatic carbocycles. The summed E-state index contributed by atoms with van der Waals surface area (Å²) in [7, 11) is 1.90. The molecule has 0 amide bonds. The third-order valence-electron chi connectivity index (χ3n) is 2.35. The molecule has 1 heterocycles. The number of rotatable bonds is 3. The Kier molecular flexibility index (Phi) is 1.89. The van der Waals surface area contributed by atoms with Crippen molar-refractivity contribution in [3.05, 3.63) is 17.8 Å². The summed E-state index contributed by atoms with van der Waals surface area (Å²) in [6.45, 7) is 3.00. The number of hydrogen-bond acceptors (Lipinski definition) is 3. The fraction of sp³-hybridized carbons (Fsp3) is 0.667. The minimum Gasteiger partial charge on any atom is -0.444 e. The van der Waals surface area contributed by atoms with Crippen LogP contribution in [-0.4, -0.2) is 12.0 Å². The summed E-state index contributed by atoms with van der Waals surface area (Å²) in [5.41, 5.74) is 0. The summed E-state index contributed by atoms with van der Waals surface area (Å²) in [5, 5.41) is 3.03. The fourth-order valence-corrected chi connectivity index (χ4v) is 1.42. The Hall–Kier alpha value is -0.830. The molecule has 1 aromatic rings. The molecule has 0 radical (unpaired) electrons. The predicted molar refractivity (Wildman–Crippen MR) is 45.8 cm³/mol. The van der Waals surface area contributed by atoms with Crippen LogP contribution < -0.4 is 5.32 Å². The molecule has 2 unspecified atom stereocenters. The van der Waals surface area contributed by atoms with Crippen molar-refractivity contribution in [2.45, 2.75) is 25.8 Å². The van der Waals surface area contributed by atoms with Crippen LogP contribution in [0.25, 0.3) is 0 Å². The molecule has 0 saturated heterocycles. The van der Waals surface area contributed by atoms with Crippen LogP contribution in [0.3, 0.4) is 0 Å². The first-order valence-electron chi connectivity index (χ1n) is 4.40. The first-order chi connectivity index (χ1) is 5.81. The van der Waals surface area contributed by atoms with E-state index in [1.54, 1.807) is 0 Å². The van der Waals surface area contributed by atoms with Gasteiger partial charge >= 0.3 is 0 Å². The molecule has 2 rings (SSSR count). The van der Waals surface area contributed by atoms with Gasteiger partial charge in [-0.15, -0.1) is 0 Å². The lowest BCUT2D eigenvalue weighted by atomic mass is 10.3. The van der Waals surface area contributed by atoms with E-state index in [1.807, 2.05) is 13.2 Å². The van der Waals surface area contributed by atoms with E-state index in [1.165, 1.54) is 6.42 Å². The van der Waals surface area contributed by atoms with Crippen molar-refractivity contribution < 1.29 is 4.42 Å². The highest BCUT2D eigenvalue weighted by Crippen LogP contribution is 2.46. The molecule has 1 aromatic heterocycles. The van der Waals surface area contributed by atoms with Gasteiger partial charge in [0.1, 0.15) is 5.76 Å². The molecule has 0 aliphatic heterocycles. The van der Waals surface area contributed by atoms with E-state index >= 15 is 0 Å². The largest absolute Gasteiger partial charge is 0.444 e. The minimum absolute atomic E-state index is 0.593. The molecule has 1 fully saturated rings. The van der Waals surface area contributed by atoms with Crippen LogP contribution in [0.5, 0.6) is 0 Å². The van der Waals surface area contributed by atoms with Gasteiger partial charge in [0.2, 0.25) is 0 Å². The quantitative estimate of drug-likeness (QED) is 0.739. The van der Waals surface area contributed by atoms with Crippen LogP contribution in [0.4, 0.5) is 0 Å². The van der Waals surface area contributed by atoms with Gasteiger partial charge in [-0.2, -0.15) is 0 Å². The Morgan fingerprint density at radius 1 is 1.75 bits per heavy atom. The molecule has 0 aromatic carbocycles. The van der Waals surface area contributed by atoms with Crippen LogP contribution >= 0.6 is 0 Å². The molecule has 3 nitrogen and oxygen atoms in total. The van der Waals surface area contributed by atoms with E-state index in [4.69, 9.17) is 4.42 Å². The van der Waals surface area contributed by atoms with Crippen LogP contribution in [0.1, 0.15) is 30.9 Å². The van der Waals surface area contributed by atoms with Gasteiger partial charge < -0.3 is 9.73 Å². The molecule has 1 saturated carbocycles. The second kappa shape index (κ2) is 2.90. The minimum atomic E-state index is 0.593. The van der Waals surface area contributed by atoms with Gasteiger partial charge in [0.25, 0.3) is 0 Å². The first-order valence-corrected chi connectivity index (χ1v) is 4.40. The zero-order valence-corrected chi connectivity index (χ0v) is 7.50. The maximum atomic E-state index is 5.54. The smallest absolute Gasteiger partial charge is 0.197 e. The molecule has 3 heteroatoms. The summed E-state index contributed by atoms with van der Waals surface area (Å²) in [6, 6.07) is 0. The predicted octanol–water partition coefficient (Wildman–Crippen LogP) is 1.52. The highest BCUT2D eigenvalue weighted by molar-refractivity contribution is 5.07. The number of aromatic nitrogens is 1. The average Bonchev–Trinajstić information content (AvgIpc) is 2.62. The van der Waals surface area contributed by atoms with Crippen molar-refractivity contribution in [1.29, 1.82) is 0 Å². The Balaban J connectivity index is 2.04. The summed E-state index contributed by atoms with van der Waals surface area (Å²) in [6.07, 6.45) is 3.05. The van der Waals surface area contributed by atoms with E-state index in [9.17, 15) is 0 Å². The standard InChI is InChI=1S/C9H14N2O/c1-6-3-8(6)9-11-5-7(12-9)4-10-2/h5-6,8,10H,3-4H2,1-2H3. The van der Waals surface area contributed by atoms with Gasteiger partial charge in [0.05, 0.1) is 12.7 Å². The van der Waals surface area contributed by atoms with Crippen LogP contribution in [0.15, 0.2) is 10.6 Å². The first kappa shape index (κ1) is 7.80. The van der Waals surface area contributed by atoms with Crippen molar-refractivity contribution in [2.75, 3.05) is 7.05 Å². The van der Waals surface area contributed by atoms with Crippen LogP contribution in [0, 0.1) is 5.92 Å². The zero-order valence-electron chi connectivity index (χ0n) is 7.50. The van der Waals surface area contributed by atoms with Crippen LogP contribution in [-0.2, 0) is 6.54 Å². The fourth-order valence-electron chi connectivity index (χ4n) is 1.42. The van der Waals surface area contributed by atoms with Crippen molar-refractivity contribution >= 4 is 0 Å². The molecule has 1 aliphatic rings. The maximum absolute atomic E-state index is 5.54. The van der Waals surface area contributed by atoms with Crippen molar-refractivity contribution in [3.8, 4) is 0 Å². The Bertz CT molecular complexity index is 269. The summed E-state index contributed by atoms with van der Waals surface area (Å²) in [5.74, 6) is 3.22. The SMILES string of the molecule is CNCc1cnc(C2CC2C)o1. The van der Waals surface area contributed by atoms with Gasteiger partial charge in [0, 0.05) is 5.92 Å². The van der Waals surface area contributed by atoms with Crippen molar-refractivity contribution in [2.24, 2.45) is 5.92 Å². The number of oxazole rings is 1. The highest BCUT2D eigenvalue weighted by Gasteiger charge is 2.37. The Morgan fingerprint density at radius 3 is 3.08 bits per heavy atom. The monoisotopic (exact) mass is 166 g/mol. The van der Waals surface area contributed by atoms with Gasteiger partial charge in [-0.05, 0) is 19.4 Å². The van der Waals surface area contributed by atoms with Gasteiger partial charge in [-0.25, -0.2) is 4.98 Å². The molecular weight excluding hydrogens is 152 g/mol. The van der Waals surface area contributed by atoms with E-state index in [-0.39, 0.29) is 0 Å². The van der Waals surface area contributed by atoms with E-state index in [0.29, 0.717) is 5.92 Å². The molecule has 66 valence electrons. The lowest BCUT2D eigenvalue weighted by Gasteiger charge is -1.91. The third-order valence-corrected chi connectivity index (χ3v) is 2.35. The summed E-state index contributed by atoms with van der Waals surface area (Å²) < 4.78 is 5.54. The topological polar surface area (TPSA) is 38.1 Å². The lowest BCUT2D eigenvalue weighted by molar-refractivity contribution is 0.443. The number of hydrogen-bond donors (Lipinski definition) is 1. The Morgan fingerprint density at radius 2 is 2.50 bits per heavy atom. The molecule has 1 N–H and O–H groups in total. The second-order valence-corrected chi connectivity index (χ2v) is 3.51. The number of nitrogens with one attached hydrogen (secondary N) is 1. The van der Waals surface area contributed by atoms with E-state index < -0.39 is 0 Å². The molecular formula is C9H14N2O. The third kappa shape index (κ3) is 1.37. The van der Waals surface area contributed by atoms with Crippen LogP contribution in [0.2, 0.25) is 0 Å². The Labute approximate surface area is 72.2 Å². The van der Waals surface area contributed by atoms with Gasteiger partial charge in [-0.1, -0.05) is 6.92 Å². The van der Waals surface area contributed by atoms with Crippen molar-refractivity contribution in [3.63, 3.8) is 0 Å². The second-order valence-electron chi connectivity index (χ2n) is 3.51. The average molecular weight is 166 g/mol. The van der Waals surface area contributed by atoms with Gasteiger partial charge in [-0.3, -0.25) is 0 Å². The van der Waals surface area contributed by atoms with Gasteiger partial charge in [0.15, 0.2) is 5.89 Å². The summed E-state index contributed by atoms with van der Waals surface area (Å²) in [4.78, 5) is 4.24. The zero-order chi connectivity index (χ0) is 8.55. The normalized spacial score (nSPS) is 27.5. The molecule has 0 spiro atoms. The molecule has 12 heavy (non-hydrogen) atoms. The van der Waals surface area contributed by atoms with E-state index in [2.05, 4.69) is 17.2 Å². The molecule has 2 atom stereocenters. The van der Waals surface area contributed by atoms with E-state index in [0.717, 1.165) is 24.1 Å². The summed E-state index contributed by atoms with van der Waals surface area (Å²) >= 11 is 0. The lowest BCUT2D eigenvalue weighted by Crippen LogP contribution is -2.03. The van der Waals surface area contributed by atoms with Crippen molar-refractivity contribution in [1.82, 2.24) is 10.3 Å². The number of nitrogens with zero attached hydrogens (tertiary/aromatic N) is 1. The highest BCUT2D eigenvalue weighted by atomic mass is 16.4. The molecule has 0 bridgehead atoms. The maximum Gasteiger partial charge on any atom is 0.197 e.